The molecular weight excluding hydrogens is 369 g/mol. The highest BCUT2D eigenvalue weighted by molar-refractivity contribution is 5.56. The molecule has 0 aliphatic carbocycles. The number of benzene rings is 1. The summed E-state index contributed by atoms with van der Waals surface area (Å²) in [5, 5.41) is 8.95. The molecule has 1 fully saturated rings. The molecular formula is C19H21F3N6. The third kappa shape index (κ3) is 3.96. The van der Waals surface area contributed by atoms with Crippen LogP contribution in [-0.2, 0) is 6.18 Å². The van der Waals surface area contributed by atoms with E-state index < -0.39 is 11.7 Å². The molecule has 148 valence electrons. The molecule has 0 saturated carbocycles. The van der Waals surface area contributed by atoms with E-state index in [0.717, 1.165) is 24.1 Å². The Kier molecular flexibility index (Phi) is 5.31. The van der Waals surface area contributed by atoms with Crippen LogP contribution >= 0.6 is 0 Å². The van der Waals surface area contributed by atoms with Crippen molar-refractivity contribution < 1.29 is 13.2 Å². The quantitative estimate of drug-likeness (QED) is 0.799. The van der Waals surface area contributed by atoms with Crippen molar-refractivity contribution >= 4 is 17.3 Å². The fourth-order valence-electron chi connectivity index (χ4n) is 3.32. The molecule has 0 spiro atoms. The average Bonchev–Trinajstić information content (AvgIpc) is 3.16. The van der Waals surface area contributed by atoms with Gasteiger partial charge in [-0.15, -0.1) is 0 Å². The monoisotopic (exact) mass is 390 g/mol. The Morgan fingerprint density at radius 2 is 1.86 bits per heavy atom. The third-order valence-electron chi connectivity index (χ3n) is 4.96. The van der Waals surface area contributed by atoms with E-state index in [0.29, 0.717) is 18.8 Å². The van der Waals surface area contributed by atoms with Crippen molar-refractivity contribution in [3.8, 4) is 6.07 Å². The Morgan fingerprint density at radius 1 is 1.14 bits per heavy atom. The van der Waals surface area contributed by atoms with Gasteiger partial charge in [-0.3, -0.25) is 0 Å². The average molecular weight is 390 g/mol. The maximum Gasteiger partial charge on any atom is 0.417 e. The largest absolute Gasteiger partial charge is 0.417 e. The van der Waals surface area contributed by atoms with E-state index in [4.69, 9.17) is 5.26 Å². The van der Waals surface area contributed by atoms with E-state index in [2.05, 4.69) is 9.97 Å². The lowest BCUT2D eigenvalue weighted by atomic mass is 10.1. The molecule has 28 heavy (non-hydrogen) atoms. The lowest BCUT2D eigenvalue weighted by Crippen LogP contribution is -2.35. The zero-order valence-corrected chi connectivity index (χ0v) is 15.9. The predicted octanol–water partition coefficient (Wildman–Crippen LogP) is 3.15. The number of aromatic nitrogens is 2. The number of alkyl halides is 3. The van der Waals surface area contributed by atoms with Gasteiger partial charge in [-0.1, -0.05) is 0 Å². The van der Waals surface area contributed by atoms with Crippen molar-refractivity contribution in [2.24, 2.45) is 0 Å². The Balaban J connectivity index is 1.79. The zero-order chi connectivity index (χ0) is 20.5. The number of hydrogen-bond donors (Lipinski definition) is 0. The molecule has 6 nitrogen and oxygen atoms in total. The molecule has 9 heteroatoms. The van der Waals surface area contributed by atoms with E-state index in [1.807, 2.05) is 41.9 Å². The summed E-state index contributed by atoms with van der Waals surface area (Å²) in [7, 11) is 5.72. The number of halogens is 3. The summed E-state index contributed by atoms with van der Waals surface area (Å²) in [6.07, 6.45) is -2.26. The van der Waals surface area contributed by atoms with Gasteiger partial charge < -0.3 is 14.7 Å². The number of rotatable bonds is 4. The van der Waals surface area contributed by atoms with Gasteiger partial charge in [0.1, 0.15) is 18.0 Å². The van der Waals surface area contributed by atoms with E-state index >= 15 is 0 Å². The molecule has 0 bridgehead atoms. The summed E-state index contributed by atoms with van der Waals surface area (Å²) in [6.45, 7) is 1.20. The number of anilines is 3. The van der Waals surface area contributed by atoms with Crippen LogP contribution in [0, 0.1) is 11.3 Å². The molecule has 2 heterocycles. The highest BCUT2D eigenvalue weighted by Crippen LogP contribution is 2.35. The highest BCUT2D eigenvalue weighted by Gasteiger charge is 2.35. The van der Waals surface area contributed by atoms with E-state index in [9.17, 15) is 13.2 Å². The first kappa shape index (κ1) is 19.7. The molecule has 0 radical (unpaired) electrons. The first-order chi connectivity index (χ1) is 13.2. The van der Waals surface area contributed by atoms with Crippen molar-refractivity contribution in [1.29, 1.82) is 5.26 Å². The Hall–Kier alpha value is -3.02. The second-order valence-corrected chi connectivity index (χ2v) is 6.97. The second-order valence-electron chi connectivity index (χ2n) is 6.97. The zero-order valence-electron chi connectivity index (χ0n) is 15.9. The van der Waals surface area contributed by atoms with Gasteiger partial charge in [-0.2, -0.15) is 18.4 Å². The molecule has 1 aliphatic rings. The second kappa shape index (κ2) is 7.54. The van der Waals surface area contributed by atoms with Crippen LogP contribution < -0.4 is 14.7 Å². The molecule has 2 aromatic rings. The molecule has 0 amide bonds. The van der Waals surface area contributed by atoms with Gasteiger partial charge in [-0.25, -0.2) is 9.97 Å². The fraction of sp³-hybridized carbons (Fsp3) is 0.421. The minimum absolute atomic E-state index is 0.106. The molecule has 1 aliphatic heterocycles. The third-order valence-corrected chi connectivity index (χ3v) is 4.96. The van der Waals surface area contributed by atoms with Gasteiger partial charge in [0.15, 0.2) is 0 Å². The van der Waals surface area contributed by atoms with E-state index in [1.165, 1.54) is 12.4 Å². The van der Waals surface area contributed by atoms with Crippen LogP contribution in [0.25, 0.3) is 0 Å². The standard InChI is InChI=1S/C19H21F3N6/c1-26(2)17-9-18(25-12-24-17)27(3)15-6-7-28(11-15)14-5-4-13(10-23)16(8-14)19(20,21)22/h4-5,8-9,12,15H,6-7,11H2,1-3H3. The van der Waals surface area contributed by atoms with Gasteiger partial charge in [-0.05, 0) is 24.6 Å². The molecule has 3 rings (SSSR count). The van der Waals surface area contributed by atoms with Crippen molar-refractivity contribution in [3.63, 3.8) is 0 Å². The van der Waals surface area contributed by atoms with Gasteiger partial charge in [0.25, 0.3) is 0 Å². The van der Waals surface area contributed by atoms with Crippen LogP contribution in [0.1, 0.15) is 17.5 Å². The normalized spacial score (nSPS) is 16.8. The minimum atomic E-state index is -4.56. The van der Waals surface area contributed by atoms with Crippen LogP contribution in [0.5, 0.6) is 0 Å². The van der Waals surface area contributed by atoms with Gasteiger partial charge in [0.05, 0.1) is 17.2 Å². The summed E-state index contributed by atoms with van der Waals surface area (Å²) < 4.78 is 39.7. The minimum Gasteiger partial charge on any atom is -0.369 e. The van der Waals surface area contributed by atoms with Crippen LogP contribution in [0.2, 0.25) is 0 Å². The van der Waals surface area contributed by atoms with Crippen LogP contribution in [0.3, 0.4) is 0 Å². The fourth-order valence-corrected chi connectivity index (χ4v) is 3.32. The van der Waals surface area contributed by atoms with Crippen LogP contribution in [0.4, 0.5) is 30.5 Å². The van der Waals surface area contributed by atoms with Crippen molar-refractivity contribution in [3.05, 3.63) is 41.7 Å². The highest BCUT2D eigenvalue weighted by atomic mass is 19.4. The van der Waals surface area contributed by atoms with Crippen molar-refractivity contribution in [1.82, 2.24) is 9.97 Å². The molecule has 1 aromatic carbocycles. The number of likely N-dealkylation sites (N-methyl/N-ethyl adjacent to an activating group) is 1. The van der Waals surface area contributed by atoms with Gasteiger partial charge in [0.2, 0.25) is 0 Å². The van der Waals surface area contributed by atoms with Crippen LogP contribution in [-0.4, -0.2) is 50.2 Å². The number of hydrogen-bond acceptors (Lipinski definition) is 6. The lowest BCUT2D eigenvalue weighted by Gasteiger charge is -2.27. The summed E-state index contributed by atoms with van der Waals surface area (Å²) in [6, 6.07) is 7.48. The van der Waals surface area contributed by atoms with E-state index in [-0.39, 0.29) is 11.6 Å². The maximum atomic E-state index is 13.2. The van der Waals surface area contributed by atoms with Gasteiger partial charge in [0, 0.05) is 52.0 Å². The Bertz CT molecular complexity index is 890. The molecule has 1 atom stereocenters. The topological polar surface area (TPSA) is 59.3 Å². The van der Waals surface area contributed by atoms with Gasteiger partial charge >= 0.3 is 6.18 Å². The SMILES string of the molecule is CN(C)c1cc(N(C)C2CCN(c3ccc(C#N)c(C(F)(F)F)c3)C2)ncn1. The first-order valence-corrected chi connectivity index (χ1v) is 8.79. The van der Waals surface area contributed by atoms with E-state index in [1.54, 1.807) is 12.1 Å². The number of nitrogens with zero attached hydrogens (tertiary/aromatic N) is 6. The Morgan fingerprint density at radius 3 is 2.50 bits per heavy atom. The first-order valence-electron chi connectivity index (χ1n) is 8.79. The summed E-state index contributed by atoms with van der Waals surface area (Å²) in [5.41, 5.74) is -0.782. The summed E-state index contributed by atoms with van der Waals surface area (Å²) in [4.78, 5) is 14.3. The van der Waals surface area contributed by atoms with Crippen molar-refractivity contribution in [2.45, 2.75) is 18.6 Å². The number of nitriles is 1. The smallest absolute Gasteiger partial charge is 0.369 e. The van der Waals surface area contributed by atoms with Crippen molar-refractivity contribution in [2.75, 3.05) is 48.9 Å². The lowest BCUT2D eigenvalue weighted by molar-refractivity contribution is -0.137. The predicted molar refractivity (Wildman–Crippen MR) is 102 cm³/mol. The maximum absolute atomic E-state index is 13.2. The van der Waals surface area contributed by atoms with Crippen LogP contribution in [0.15, 0.2) is 30.6 Å². The Labute approximate surface area is 161 Å². The molecule has 1 aromatic heterocycles. The summed E-state index contributed by atoms with van der Waals surface area (Å²) in [5.74, 6) is 1.55. The molecule has 1 saturated heterocycles. The molecule has 1 unspecified atom stereocenters. The molecule has 0 N–H and O–H groups in total. The summed E-state index contributed by atoms with van der Waals surface area (Å²) >= 11 is 0.